The fourth-order valence-corrected chi connectivity index (χ4v) is 2.21. The first kappa shape index (κ1) is 15.4. The molecule has 0 atom stereocenters. The van der Waals surface area contributed by atoms with Gasteiger partial charge in [0.1, 0.15) is 11.6 Å². The maximum absolute atomic E-state index is 4.76. The van der Waals surface area contributed by atoms with Gasteiger partial charge < -0.3 is 10.2 Å². The minimum Gasteiger partial charge on any atom is -0.370 e. The van der Waals surface area contributed by atoms with E-state index in [0.29, 0.717) is 0 Å². The molecular weight excluding hydrogens is 260 g/mol. The van der Waals surface area contributed by atoms with Gasteiger partial charge in [-0.05, 0) is 27.4 Å². The van der Waals surface area contributed by atoms with Crippen LogP contribution in [0.15, 0.2) is 30.3 Å². The van der Waals surface area contributed by atoms with Gasteiger partial charge in [-0.1, -0.05) is 37.3 Å². The smallest absolute Gasteiger partial charge is 0.145 e. The molecule has 0 aliphatic heterocycles. The van der Waals surface area contributed by atoms with E-state index in [9.17, 15) is 0 Å². The van der Waals surface area contributed by atoms with Crippen molar-refractivity contribution in [1.82, 2.24) is 14.9 Å². The predicted molar refractivity (Wildman–Crippen MR) is 88.4 cm³/mol. The molecule has 0 aliphatic carbocycles. The van der Waals surface area contributed by atoms with Crippen molar-refractivity contribution in [3.05, 3.63) is 41.7 Å². The molecule has 0 saturated carbocycles. The number of rotatable bonds is 6. The van der Waals surface area contributed by atoms with Crippen LogP contribution < -0.4 is 5.32 Å². The second-order valence-electron chi connectivity index (χ2n) is 5.49. The van der Waals surface area contributed by atoms with Gasteiger partial charge in [-0.15, -0.1) is 0 Å². The third kappa shape index (κ3) is 4.02. The highest BCUT2D eigenvalue weighted by molar-refractivity contribution is 5.68. The van der Waals surface area contributed by atoms with Gasteiger partial charge in [-0.3, -0.25) is 0 Å². The van der Waals surface area contributed by atoms with Gasteiger partial charge in [0.15, 0.2) is 0 Å². The molecule has 4 nitrogen and oxygen atoms in total. The van der Waals surface area contributed by atoms with Crippen LogP contribution in [-0.2, 0) is 6.54 Å². The Balaban J connectivity index is 2.46. The standard InChI is InChI=1S/C17H24N4/c1-5-11-18-17-13(2)16(14-9-7-6-8-10-14)19-15(20-17)12-21(3)4/h6-10H,5,11-12H2,1-4H3,(H,18,19,20). The SMILES string of the molecule is CCCNc1nc(CN(C)C)nc(-c2ccccc2)c1C. The molecule has 21 heavy (non-hydrogen) atoms. The average molecular weight is 284 g/mol. The predicted octanol–water partition coefficient (Wildman–Crippen LogP) is 3.34. The van der Waals surface area contributed by atoms with Crippen LogP contribution in [0.3, 0.4) is 0 Å². The number of anilines is 1. The molecule has 4 heteroatoms. The Morgan fingerprint density at radius 3 is 2.43 bits per heavy atom. The Labute approximate surface area is 127 Å². The molecule has 0 fully saturated rings. The summed E-state index contributed by atoms with van der Waals surface area (Å²) < 4.78 is 0. The monoisotopic (exact) mass is 284 g/mol. The maximum Gasteiger partial charge on any atom is 0.145 e. The van der Waals surface area contributed by atoms with E-state index in [-0.39, 0.29) is 0 Å². The van der Waals surface area contributed by atoms with Gasteiger partial charge in [0, 0.05) is 17.7 Å². The largest absolute Gasteiger partial charge is 0.370 e. The summed E-state index contributed by atoms with van der Waals surface area (Å²) >= 11 is 0. The Bertz CT molecular complexity index is 579. The second-order valence-corrected chi connectivity index (χ2v) is 5.49. The summed E-state index contributed by atoms with van der Waals surface area (Å²) in [5.41, 5.74) is 3.26. The Hall–Kier alpha value is -1.94. The third-order valence-corrected chi connectivity index (χ3v) is 3.24. The van der Waals surface area contributed by atoms with E-state index >= 15 is 0 Å². The topological polar surface area (TPSA) is 41.1 Å². The van der Waals surface area contributed by atoms with Crippen LogP contribution in [0.2, 0.25) is 0 Å². The van der Waals surface area contributed by atoms with Crippen LogP contribution in [0.4, 0.5) is 5.82 Å². The van der Waals surface area contributed by atoms with Crippen LogP contribution in [0.25, 0.3) is 11.3 Å². The minimum atomic E-state index is 0.737. The molecule has 1 heterocycles. The average Bonchev–Trinajstić information content (AvgIpc) is 2.48. The fraction of sp³-hybridized carbons (Fsp3) is 0.412. The Morgan fingerprint density at radius 1 is 1.10 bits per heavy atom. The van der Waals surface area contributed by atoms with Gasteiger partial charge in [0.05, 0.1) is 12.2 Å². The number of hydrogen-bond donors (Lipinski definition) is 1. The number of nitrogens with one attached hydrogen (secondary N) is 1. The van der Waals surface area contributed by atoms with Crippen LogP contribution in [0.1, 0.15) is 24.7 Å². The number of aromatic nitrogens is 2. The molecule has 1 aromatic heterocycles. The summed E-state index contributed by atoms with van der Waals surface area (Å²) in [6.07, 6.45) is 1.08. The summed E-state index contributed by atoms with van der Waals surface area (Å²) in [6, 6.07) is 10.3. The third-order valence-electron chi connectivity index (χ3n) is 3.24. The molecule has 0 saturated heterocycles. The van der Waals surface area contributed by atoms with Crippen molar-refractivity contribution in [3.63, 3.8) is 0 Å². The van der Waals surface area contributed by atoms with Crippen LogP contribution >= 0.6 is 0 Å². The minimum absolute atomic E-state index is 0.737. The lowest BCUT2D eigenvalue weighted by Gasteiger charge is -2.16. The van der Waals surface area contributed by atoms with Crippen molar-refractivity contribution in [2.24, 2.45) is 0 Å². The van der Waals surface area contributed by atoms with E-state index in [4.69, 9.17) is 4.98 Å². The van der Waals surface area contributed by atoms with E-state index in [1.54, 1.807) is 0 Å². The number of nitrogens with zero attached hydrogens (tertiary/aromatic N) is 3. The van der Waals surface area contributed by atoms with E-state index in [1.807, 2.05) is 32.3 Å². The lowest BCUT2D eigenvalue weighted by Crippen LogP contribution is -2.16. The Kier molecular flexibility index (Phi) is 5.28. The molecule has 0 bridgehead atoms. The maximum atomic E-state index is 4.76. The Morgan fingerprint density at radius 2 is 1.81 bits per heavy atom. The summed E-state index contributed by atoms with van der Waals surface area (Å²) in [7, 11) is 4.06. The van der Waals surface area contributed by atoms with Crippen molar-refractivity contribution in [1.29, 1.82) is 0 Å². The first-order valence-corrected chi connectivity index (χ1v) is 7.43. The molecule has 2 rings (SSSR count). The normalized spacial score (nSPS) is 10.9. The van der Waals surface area contributed by atoms with E-state index in [0.717, 1.165) is 48.0 Å². The zero-order chi connectivity index (χ0) is 15.2. The van der Waals surface area contributed by atoms with Crippen molar-refractivity contribution in [2.75, 3.05) is 26.0 Å². The summed E-state index contributed by atoms with van der Waals surface area (Å²) in [5.74, 6) is 1.80. The van der Waals surface area contributed by atoms with Crippen molar-refractivity contribution in [2.45, 2.75) is 26.8 Å². The second kappa shape index (κ2) is 7.18. The van der Waals surface area contributed by atoms with Gasteiger partial charge in [0.25, 0.3) is 0 Å². The quantitative estimate of drug-likeness (QED) is 0.883. The highest BCUT2D eigenvalue weighted by atomic mass is 15.1. The highest BCUT2D eigenvalue weighted by Crippen LogP contribution is 2.25. The zero-order valence-electron chi connectivity index (χ0n) is 13.3. The fourth-order valence-electron chi connectivity index (χ4n) is 2.21. The molecule has 1 aromatic carbocycles. The molecule has 1 N–H and O–H groups in total. The first-order chi connectivity index (χ1) is 10.1. The summed E-state index contributed by atoms with van der Waals surface area (Å²) in [6.45, 7) is 5.90. The molecule has 0 unspecified atom stereocenters. The molecule has 2 aromatic rings. The highest BCUT2D eigenvalue weighted by Gasteiger charge is 2.12. The molecular formula is C17H24N4. The van der Waals surface area contributed by atoms with Gasteiger partial charge in [0.2, 0.25) is 0 Å². The molecule has 0 radical (unpaired) electrons. The van der Waals surface area contributed by atoms with Crippen LogP contribution in [0, 0.1) is 6.92 Å². The van der Waals surface area contributed by atoms with Crippen molar-refractivity contribution >= 4 is 5.82 Å². The van der Waals surface area contributed by atoms with Crippen molar-refractivity contribution < 1.29 is 0 Å². The van der Waals surface area contributed by atoms with Gasteiger partial charge >= 0.3 is 0 Å². The molecule has 112 valence electrons. The van der Waals surface area contributed by atoms with Gasteiger partial charge in [-0.25, -0.2) is 9.97 Å². The van der Waals surface area contributed by atoms with Crippen LogP contribution in [0.5, 0.6) is 0 Å². The number of benzene rings is 1. The van der Waals surface area contributed by atoms with Crippen molar-refractivity contribution in [3.8, 4) is 11.3 Å². The van der Waals surface area contributed by atoms with E-state index in [2.05, 4.69) is 41.2 Å². The lowest BCUT2D eigenvalue weighted by atomic mass is 10.1. The van der Waals surface area contributed by atoms with E-state index in [1.165, 1.54) is 0 Å². The zero-order valence-corrected chi connectivity index (χ0v) is 13.3. The lowest BCUT2D eigenvalue weighted by molar-refractivity contribution is 0.390. The first-order valence-electron chi connectivity index (χ1n) is 7.43. The molecule has 0 amide bonds. The van der Waals surface area contributed by atoms with E-state index < -0.39 is 0 Å². The molecule has 0 spiro atoms. The summed E-state index contributed by atoms with van der Waals surface area (Å²) in [4.78, 5) is 11.5. The number of hydrogen-bond acceptors (Lipinski definition) is 4. The van der Waals surface area contributed by atoms with Crippen LogP contribution in [-0.4, -0.2) is 35.5 Å². The summed E-state index contributed by atoms with van der Waals surface area (Å²) in [5, 5.41) is 3.42. The van der Waals surface area contributed by atoms with Gasteiger partial charge in [-0.2, -0.15) is 0 Å². The molecule has 0 aliphatic rings.